The summed E-state index contributed by atoms with van der Waals surface area (Å²) in [5.41, 5.74) is 7.47. The number of hydrogen-bond acceptors (Lipinski definition) is 4. The number of thiol groups is 1. The maximum atomic E-state index is 5.35. The van der Waals surface area contributed by atoms with Gasteiger partial charge in [-0.3, -0.25) is 9.55 Å². The highest BCUT2D eigenvalue weighted by atomic mass is 32.1. The van der Waals surface area contributed by atoms with E-state index < -0.39 is 0 Å². The molecule has 5 aromatic carbocycles. The quantitative estimate of drug-likeness (QED) is 0.126. The Kier molecular flexibility index (Phi) is 5.84. The first-order valence-corrected chi connectivity index (χ1v) is 15.4. The van der Waals surface area contributed by atoms with Crippen LogP contribution < -0.4 is 0 Å². The van der Waals surface area contributed by atoms with Crippen LogP contribution in [-0.4, -0.2) is 19.5 Å². The Labute approximate surface area is 264 Å². The predicted molar refractivity (Wildman–Crippen MR) is 189 cm³/mol. The van der Waals surface area contributed by atoms with E-state index in [4.69, 9.17) is 27.6 Å². The van der Waals surface area contributed by atoms with E-state index in [-0.39, 0.29) is 0 Å². The Balaban J connectivity index is 1.49. The summed E-state index contributed by atoms with van der Waals surface area (Å²) in [7, 11) is 0. The molecule has 0 unspecified atom stereocenters. The Morgan fingerprint density at radius 2 is 1.51 bits per heavy atom. The second-order valence-corrected chi connectivity index (χ2v) is 11.6. The van der Waals surface area contributed by atoms with Gasteiger partial charge in [0, 0.05) is 50.4 Å². The lowest BCUT2D eigenvalue weighted by Gasteiger charge is -2.16. The third-order valence-corrected chi connectivity index (χ3v) is 9.02. The Morgan fingerprint density at radius 3 is 2.40 bits per heavy atom. The van der Waals surface area contributed by atoms with Crippen molar-refractivity contribution < 1.29 is 0 Å². The molecule has 1 aliphatic rings. The first kappa shape index (κ1) is 25.8. The van der Waals surface area contributed by atoms with Crippen molar-refractivity contribution in [2.24, 2.45) is 0 Å². The maximum Gasteiger partial charge on any atom is 0.235 e. The molecule has 0 N–H and O–H groups in total. The van der Waals surface area contributed by atoms with E-state index in [9.17, 15) is 0 Å². The number of benzene rings is 5. The zero-order chi connectivity index (χ0) is 29.9. The molecule has 0 bridgehead atoms. The van der Waals surface area contributed by atoms with Crippen molar-refractivity contribution in [3.63, 3.8) is 0 Å². The topological polar surface area (TPSA) is 43.6 Å². The van der Waals surface area contributed by atoms with Crippen molar-refractivity contribution >= 4 is 72.6 Å². The van der Waals surface area contributed by atoms with Crippen molar-refractivity contribution in [1.82, 2.24) is 19.5 Å². The Bertz CT molecular complexity index is 2640. The van der Waals surface area contributed by atoms with Crippen LogP contribution in [0.15, 0.2) is 132 Å². The monoisotopic (exact) mass is 592 g/mol. The second kappa shape index (κ2) is 10.2. The van der Waals surface area contributed by atoms with Crippen LogP contribution in [0.1, 0.15) is 12.0 Å². The van der Waals surface area contributed by atoms with Crippen molar-refractivity contribution in [2.75, 3.05) is 0 Å². The van der Waals surface area contributed by atoms with Gasteiger partial charge in [-0.05, 0) is 40.4 Å². The van der Waals surface area contributed by atoms with E-state index in [1.54, 1.807) is 0 Å². The maximum absolute atomic E-state index is 5.35. The van der Waals surface area contributed by atoms with Crippen LogP contribution in [0.4, 0.5) is 0 Å². The summed E-state index contributed by atoms with van der Waals surface area (Å²) < 4.78 is 2.14. The van der Waals surface area contributed by atoms with E-state index in [0.29, 0.717) is 12.4 Å². The lowest BCUT2D eigenvalue weighted by atomic mass is 9.95. The van der Waals surface area contributed by atoms with Gasteiger partial charge in [-0.15, -0.1) is 12.6 Å². The van der Waals surface area contributed by atoms with Crippen LogP contribution >= 0.6 is 12.6 Å². The van der Waals surface area contributed by atoms with E-state index in [2.05, 4.69) is 126 Å². The standard InChI is InChI=1S/C40H24N4S/c45-39-33(26-14-4-1-2-5-15-26)29-19-10-11-20-30(29)34-37-32(21-12-24-41-37)44(38(34)39)40-42-35(27-16-6-3-7-17-27)31-23-22-25-13-8-9-18-28(25)36(31)43-40/h1,3-4,6-14,16-24,45H,2H2. The SMILES string of the molecule is Sc1c(C2=CC=CCC#C2)c2ccccc2c2c3ncccc3n(-c3nc(-c4ccccc4)c4ccc5ccccc5c4n3)c12. The normalized spacial score (nSPS) is 13.0. The lowest BCUT2D eigenvalue weighted by Crippen LogP contribution is -2.05. The Hall–Kier alpha value is -5.70. The summed E-state index contributed by atoms with van der Waals surface area (Å²) in [4.78, 5) is 16.4. The zero-order valence-electron chi connectivity index (χ0n) is 24.1. The molecular weight excluding hydrogens is 569 g/mol. The molecule has 0 radical (unpaired) electrons. The molecule has 0 saturated heterocycles. The van der Waals surface area contributed by atoms with Gasteiger partial charge in [0.1, 0.15) is 0 Å². The molecule has 210 valence electrons. The summed E-state index contributed by atoms with van der Waals surface area (Å²) in [6, 6.07) is 35.6. The molecule has 3 heterocycles. The number of aromatic nitrogens is 4. The minimum absolute atomic E-state index is 0.572. The fraction of sp³-hybridized carbons (Fsp3) is 0.0250. The first-order valence-electron chi connectivity index (χ1n) is 14.9. The molecule has 0 spiro atoms. The van der Waals surface area contributed by atoms with Crippen molar-refractivity contribution in [3.05, 3.63) is 133 Å². The van der Waals surface area contributed by atoms with E-state index in [1.165, 1.54) is 0 Å². The molecule has 3 aromatic heterocycles. The van der Waals surface area contributed by atoms with Crippen LogP contribution in [0.5, 0.6) is 0 Å². The smallest absolute Gasteiger partial charge is 0.235 e. The molecule has 4 nitrogen and oxygen atoms in total. The highest BCUT2D eigenvalue weighted by Crippen LogP contribution is 2.44. The predicted octanol–water partition coefficient (Wildman–Crippen LogP) is 9.73. The summed E-state index contributed by atoms with van der Waals surface area (Å²) in [6.07, 6.45) is 8.80. The number of hydrogen-bond donors (Lipinski definition) is 1. The van der Waals surface area contributed by atoms with Crippen LogP contribution in [0.25, 0.3) is 77.2 Å². The fourth-order valence-corrected chi connectivity index (χ4v) is 7.08. The molecule has 0 aliphatic heterocycles. The summed E-state index contributed by atoms with van der Waals surface area (Å²) in [6.45, 7) is 0. The highest BCUT2D eigenvalue weighted by molar-refractivity contribution is 7.80. The number of pyridine rings is 1. The minimum atomic E-state index is 0.572. The molecule has 0 saturated carbocycles. The molecule has 0 amide bonds. The molecule has 45 heavy (non-hydrogen) atoms. The van der Waals surface area contributed by atoms with Gasteiger partial charge in [0.25, 0.3) is 0 Å². The van der Waals surface area contributed by atoms with Crippen molar-refractivity contribution in [2.45, 2.75) is 11.3 Å². The second-order valence-electron chi connectivity index (χ2n) is 11.1. The third kappa shape index (κ3) is 3.93. The van der Waals surface area contributed by atoms with Gasteiger partial charge in [0.2, 0.25) is 5.95 Å². The van der Waals surface area contributed by atoms with Gasteiger partial charge in [-0.1, -0.05) is 109 Å². The lowest BCUT2D eigenvalue weighted by molar-refractivity contribution is 1.01. The van der Waals surface area contributed by atoms with E-state index in [1.807, 2.05) is 18.3 Å². The van der Waals surface area contributed by atoms with Gasteiger partial charge in [-0.2, -0.15) is 0 Å². The van der Waals surface area contributed by atoms with Crippen LogP contribution in [-0.2, 0) is 0 Å². The molecule has 5 heteroatoms. The average molecular weight is 593 g/mol. The van der Waals surface area contributed by atoms with Crippen LogP contribution in [0.2, 0.25) is 0 Å². The van der Waals surface area contributed by atoms with Crippen molar-refractivity contribution in [3.8, 4) is 29.0 Å². The fourth-order valence-electron chi connectivity index (χ4n) is 6.63. The van der Waals surface area contributed by atoms with E-state index >= 15 is 0 Å². The van der Waals surface area contributed by atoms with E-state index in [0.717, 1.165) is 81.7 Å². The largest absolute Gasteiger partial charge is 0.275 e. The molecule has 0 fully saturated rings. The molecule has 0 atom stereocenters. The van der Waals surface area contributed by atoms with Gasteiger partial charge in [-0.25, -0.2) is 9.97 Å². The van der Waals surface area contributed by atoms with Gasteiger partial charge < -0.3 is 0 Å². The summed E-state index contributed by atoms with van der Waals surface area (Å²) in [5.74, 6) is 7.27. The Morgan fingerprint density at radius 1 is 0.711 bits per heavy atom. The summed E-state index contributed by atoms with van der Waals surface area (Å²) in [5, 5.41) is 6.42. The first-order chi connectivity index (χ1) is 22.3. The van der Waals surface area contributed by atoms with Gasteiger partial charge in [0.15, 0.2) is 0 Å². The molecule has 9 rings (SSSR count). The summed E-state index contributed by atoms with van der Waals surface area (Å²) >= 11 is 5.31. The zero-order valence-corrected chi connectivity index (χ0v) is 25.0. The number of fused-ring (bicyclic) bond motifs is 8. The van der Waals surface area contributed by atoms with Crippen molar-refractivity contribution in [1.29, 1.82) is 0 Å². The minimum Gasteiger partial charge on any atom is -0.275 e. The third-order valence-electron chi connectivity index (χ3n) is 8.59. The molecule has 1 aliphatic carbocycles. The number of rotatable bonds is 3. The van der Waals surface area contributed by atoms with Gasteiger partial charge in [0.05, 0.1) is 27.8 Å². The molecular formula is C40H24N4S. The van der Waals surface area contributed by atoms with Gasteiger partial charge >= 0.3 is 0 Å². The average Bonchev–Trinajstić information content (AvgIpc) is 3.22. The highest BCUT2D eigenvalue weighted by Gasteiger charge is 2.25. The van der Waals surface area contributed by atoms with Crippen LogP contribution in [0, 0.1) is 11.8 Å². The number of nitrogens with zero attached hydrogens (tertiary/aromatic N) is 4. The van der Waals surface area contributed by atoms with Crippen LogP contribution in [0.3, 0.4) is 0 Å². The number of allylic oxidation sites excluding steroid dienone is 4. The molecule has 8 aromatic rings.